The molecule has 1 amide bonds. The molecule has 1 unspecified atom stereocenters. The first kappa shape index (κ1) is 18.4. The molecule has 0 fully saturated rings. The van der Waals surface area contributed by atoms with Crippen molar-refractivity contribution in [2.24, 2.45) is 0 Å². The van der Waals surface area contributed by atoms with Crippen LogP contribution in [0.2, 0.25) is 0 Å². The van der Waals surface area contributed by atoms with Crippen molar-refractivity contribution >= 4 is 45.5 Å². The van der Waals surface area contributed by atoms with Crippen molar-refractivity contribution in [1.82, 2.24) is 10.2 Å². The van der Waals surface area contributed by atoms with Gasteiger partial charge in [-0.1, -0.05) is 60.4 Å². The van der Waals surface area contributed by atoms with Crippen LogP contribution in [-0.2, 0) is 11.2 Å². The van der Waals surface area contributed by atoms with Crippen LogP contribution in [0.15, 0.2) is 58.9 Å². The number of hydrogen-bond acceptors (Lipinski definition) is 6. The Balaban J connectivity index is 1.55. The maximum atomic E-state index is 12.4. The first-order valence-corrected chi connectivity index (χ1v) is 10.1. The van der Waals surface area contributed by atoms with Gasteiger partial charge in [-0.2, -0.15) is 0 Å². The number of thioether (sulfide) groups is 1. The van der Waals surface area contributed by atoms with E-state index in [4.69, 9.17) is 0 Å². The Morgan fingerprint density at radius 2 is 1.81 bits per heavy atom. The highest BCUT2D eigenvalue weighted by molar-refractivity contribution is 8.02. The van der Waals surface area contributed by atoms with Crippen molar-refractivity contribution in [2.75, 3.05) is 10.6 Å². The van der Waals surface area contributed by atoms with E-state index in [1.54, 1.807) is 0 Å². The summed E-state index contributed by atoms with van der Waals surface area (Å²) in [6.45, 7) is 3.97. The Kier molecular flexibility index (Phi) is 6.25. The number of hydrogen-bond donors (Lipinski definition) is 2. The number of para-hydroxylation sites is 1. The van der Waals surface area contributed by atoms with Crippen LogP contribution in [0.4, 0.5) is 16.5 Å². The van der Waals surface area contributed by atoms with E-state index in [1.165, 1.54) is 28.7 Å². The minimum absolute atomic E-state index is 0.0491. The number of aromatic nitrogens is 2. The minimum Gasteiger partial charge on any atom is -0.330 e. The molecule has 2 aromatic carbocycles. The van der Waals surface area contributed by atoms with Crippen molar-refractivity contribution in [3.05, 3.63) is 60.2 Å². The monoisotopic (exact) mass is 384 g/mol. The summed E-state index contributed by atoms with van der Waals surface area (Å²) in [6, 6.07) is 17.7. The van der Waals surface area contributed by atoms with Gasteiger partial charge < -0.3 is 10.6 Å². The molecule has 7 heteroatoms. The molecule has 3 aromatic rings. The number of aryl methyl sites for hydroxylation is 1. The number of benzene rings is 2. The molecule has 0 saturated carbocycles. The van der Waals surface area contributed by atoms with Gasteiger partial charge in [0.05, 0.1) is 5.25 Å². The molecule has 1 atom stereocenters. The zero-order chi connectivity index (χ0) is 18.4. The van der Waals surface area contributed by atoms with E-state index in [-0.39, 0.29) is 11.2 Å². The van der Waals surface area contributed by atoms with Gasteiger partial charge in [0.2, 0.25) is 11.0 Å². The van der Waals surface area contributed by atoms with Gasteiger partial charge in [0.1, 0.15) is 0 Å². The van der Waals surface area contributed by atoms with Crippen molar-refractivity contribution in [3.63, 3.8) is 0 Å². The van der Waals surface area contributed by atoms with E-state index in [0.717, 1.165) is 22.1 Å². The van der Waals surface area contributed by atoms with Crippen molar-refractivity contribution in [3.8, 4) is 0 Å². The quantitative estimate of drug-likeness (QED) is 0.563. The lowest BCUT2D eigenvalue weighted by Gasteiger charge is -2.10. The predicted molar refractivity (Wildman–Crippen MR) is 109 cm³/mol. The van der Waals surface area contributed by atoms with E-state index in [2.05, 4.69) is 27.8 Å². The second-order valence-corrected chi connectivity index (χ2v) is 8.23. The lowest BCUT2D eigenvalue weighted by molar-refractivity contribution is -0.115. The normalized spacial score (nSPS) is 11.8. The van der Waals surface area contributed by atoms with Gasteiger partial charge in [0.15, 0.2) is 4.34 Å². The summed E-state index contributed by atoms with van der Waals surface area (Å²) in [6.07, 6.45) is 0.983. The molecule has 0 saturated heterocycles. The summed E-state index contributed by atoms with van der Waals surface area (Å²) in [5, 5.41) is 14.9. The Morgan fingerprint density at radius 3 is 2.50 bits per heavy atom. The summed E-state index contributed by atoms with van der Waals surface area (Å²) in [5.74, 6) is -0.0491. The Labute approximate surface area is 161 Å². The molecule has 0 bridgehead atoms. The molecule has 2 N–H and O–H groups in total. The molecule has 26 heavy (non-hydrogen) atoms. The number of nitrogens with zero attached hydrogens (tertiary/aromatic N) is 2. The van der Waals surface area contributed by atoms with Crippen molar-refractivity contribution in [1.29, 1.82) is 0 Å². The lowest BCUT2D eigenvalue weighted by Crippen LogP contribution is -2.22. The summed E-state index contributed by atoms with van der Waals surface area (Å²) in [4.78, 5) is 12.4. The van der Waals surface area contributed by atoms with Crippen LogP contribution in [0.3, 0.4) is 0 Å². The van der Waals surface area contributed by atoms with Gasteiger partial charge in [-0.25, -0.2) is 0 Å². The third kappa shape index (κ3) is 5.06. The van der Waals surface area contributed by atoms with E-state index >= 15 is 0 Å². The number of nitrogens with one attached hydrogen (secondary N) is 2. The number of rotatable bonds is 7. The van der Waals surface area contributed by atoms with Gasteiger partial charge in [0, 0.05) is 11.4 Å². The number of anilines is 3. The summed E-state index contributed by atoms with van der Waals surface area (Å²) < 4.78 is 0.757. The van der Waals surface area contributed by atoms with E-state index < -0.39 is 0 Å². The maximum absolute atomic E-state index is 12.4. The molecular formula is C19H20N4OS2. The van der Waals surface area contributed by atoms with Gasteiger partial charge in [0.25, 0.3) is 0 Å². The van der Waals surface area contributed by atoms with E-state index in [9.17, 15) is 4.79 Å². The first-order chi connectivity index (χ1) is 12.6. The topological polar surface area (TPSA) is 66.9 Å². The van der Waals surface area contributed by atoms with Crippen LogP contribution >= 0.6 is 23.1 Å². The Morgan fingerprint density at radius 1 is 1.08 bits per heavy atom. The molecular weight excluding hydrogens is 364 g/mol. The molecule has 0 radical (unpaired) electrons. The minimum atomic E-state index is -0.265. The molecule has 134 valence electrons. The predicted octanol–water partition coefficient (Wildman–Crippen LogP) is 4.96. The number of amides is 1. The zero-order valence-electron chi connectivity index (χ0n) is 14.6. The van der Waals surface area contributed by atoms with E-state index in [0.29, 0.717) is 5.13 Å². The van der Waals surface area contributed by atoms with Gasteiger partial charge in [-0.05, 0) is 43.2 Å². The largest absolute Gasteiger partial charge is 0.330 e. The highest BCUT2D eigenvalue weighted by atomic mass is 32.2. The van der Waals surface area contributed by atoms with Crippen LogP contribution in [-0.4, -0.2) is 21.4 Å². The lowest BCUT2D eigenvalue weighted by atomic mass is 10.1. The average molecular weight is 385 g/mol. The third-order valence-electron chi connectivity index (χ3n) is 3.71. The standard InChI is InChI=1S/C19H20N4OS2/c1-3-14-9-11-16(12-10-14)20-17(24)13(2)25-19-23-22-18(26-19)21-15-7-5-4-6-8-15/h4-13H,3H2,1-2H3,(H,20,24)(H,21,22). The van der Waals surface area contributed by atoms with Crippen LogP contribution in [0.1, 0.15) is 19.4 Å². The van der Waals surface area contributed by atoms with Crippen LogP contribution in [0, 0.1) is 0 Å². The van der Waals surface area contributed by atoms with Crippen LogP contribution in [0.25, 0.3) is 0 Å². The average Bonchev–Trinajstić information content (AvgIpc) is 3.10. The van der Waals surface area contributed by atoms with Gasteiger partial charge in [-0.3, -0.25) is 4.79 Å². The second kappa shape index (κ2) is 8.82. The highest BCUT2D eigenvalue weighted by Crippen LogP contribution is 2.30. The molecule has 1 heterocycles. The zero-order valence-corrected chi connectivity index (χ0v) is 16.2. The molecule has 0 spiro atoms. The van der Waals surface area contributed by atoms with Crippen molar-refractivity contribution < 1.29 is 4.79 Å². The molecule has 0 aliphatic heterocycles. The van der Waals surface area contributed by atoms with Crippen molar-refractivity contribution in [2.45, 2.75) is 29.9 Å². The van der Waals surface area contributed by atoms with Gasteiger partial charge in [-0.15, -0.1) is 10.2 Å². The van der Waals surface area contributed by atoms with E-state index in [1.807, 2.05) is 61.5 Å². The second-order valence-electron chi connectivity index (χ2n) is 5.66. The summed E-state index contributed by atoms with van der Waals surface area (Å²) in [5.41, 5.74) is 3.02. The smallest absolute Gasteiger partial charge is 0.237 e. The van der Waals surface area contributed by atoms with Gasteiger partial charge >= 0.3 is 0 Å². The molecule has 0 aliphatic rings. The fraction of sp³-hybridized carbons (Fsp3) is 0.211. The molecule has 0 aliphatic carbocycles. The summed E-state index contributed by atoms with van der Waals surface area (Å²) in [7, 11) is 0. The Hall–Kier alpha value is -2.38. The maximum Gasteiger partial charge on any atom is 0.237 e. The Bertz CT molecular complexity index is 849. The first-order valence-electron chi connectivity index (χ1n) is 8.36. The molecule has 3 rings (SSSR count). The molecule has 5 nitrogen and oxygen atoms in total. The van der Waals surface area contributed by atoms with Crippen LogP contribution < -0.4 is 10.6 Å². The number of carbonyl (C=O) groups excluding carboxylic acids is 1. The van der Waals surface area contributed by atoms with Crippen LogP contribution in [0.5, 0.6) is 0 Å². The fourth-order valence-electron chi connectivity index (χ4n) is 2.23. The fourth-order valence-corrected chi connectivity index (χ4v) is 4.14. The molecule has 1 aromatic heterocycles. The SMILES string of the molecule is CCc1ccc(NC(=O)C(C)Sc2nnc(Nc3ccccc3)s2)cc1. The highest BCUT2D eigenvalue weighted by Gasteiger charge is 2.17. The number of carbonyl (C=O) groups is 1. The third-order valence-corrected chi connectivity index (χ3v) is 5.73. The summed E-state index contributed by atoms with van der Waals surface area (Å²) >= 11 is 2.84.